The van der Waals surface area contributed by atoms with Gasteiger partial charge in [0.1, 0.15) is 23.4 Å². The van der Waals surface area contributed by atoms with Crippen molar-refractivity contribution in [1.29, 1.82) is 0 Å². The van der Waals surface area contributed by atoms with Crippen LogP contribution in [0.15, 0.2) is 83.1 Å². The van der Waals surface area contributed by atoms with Gasteiger partial charge in [0, 0.05) is 17.7 Å². The third-order valence-corrected chi connectivity index (χ3v) is 5.85. The van der Waals surface area contributed by atoms with Gasteiger partial charge in [-0.2, -0.15) is 0 Å². The van der Waals surface area contributed by atoms with Crippen molar-refractivity contribution in [2.75, 3.05) is 10.2 Å². The van der Waals surface area contributed by atoms with Gasteiger partial charge >= 0.3 is 0 Å². The Morgan fingerprint density at radius 3 is 2.61 bits per heavy atom. The van der Waals surface area contributed by atoms with E-state index in [9.17, 15) is 14.0 Å². The Morgan fingerprint density at radius 2 is 1.87 bits per heavy atom. The zero-order chi connectivity index (χ0) is 21.5. The van der Waals surface area contributed by atoms with Crippen molar-refractivity contribution in [3.63, 3.8) is 0 Å². The molecule has 1 aliphatic heterocycles. The lowest BCUT2D eigenvalue weighted by Gasteiger charge is -2.35. The predicted octanol–water partition coefficient (Wildman–Crippen LogP) is 5.34. The van der Waals surface area contributed by atoms with Crippen LogP contribution in [0.25, 0.3) is 0 Å². The quantitative estimate of drug-likeness (QED) is 0.612. The number of amides is 1. The number of nitrogens with zero attached hydrogens (tertiary/aromatic N) is 1. The summed E-state index contributed by atoms with van der Waals surface area (Å²) in [6.07, 6.45) is 3.99. The van der Waals surface area contributed by atoms with Crippen LogP contribution in [0.2, 0.25) is 0 Å². The maximum atomic E-state index is 13.8. The second-order valence-electron chi connectivity index (χ2n) is 8.03. The summed E-state index contributed by atoms with van der Waals surface area (Å²) in [6, 6.07) is 15.7. The molecule has 3 atom stereocenters. The molecule has 1 N–H and O–H groups in total. The minimum absolute atomic E-state index is 0.0450. The summed E-state index contributed by atoms with van der Waals surface area (Å²) in [6.45, 7) is 2.00. The summed E-state index contributed by atoms with van der Waals surface area (Å²) < 4.78 is 19.2. The van der Waals surface area contributed by atoms with Gasteiger partial charge in [0.2, 0.25) is 0 Å². The Labute approximate surface area is 179 Å². The third-order valence-electron chi connectivity index (χ3n) is 5.85. The van der Waals surface area contributed by atoms with Crippen LogP contribution in [-0.4, -0.2) is 11.7 Å². The topological polar surface area (TPSA) is 62.6 Å². The summed E-state index contributed by atoms with van der Waals surface area (Å²) in [5.74, 6) is -0.687. The van der Waals surface area contributed by atoms with Crippen LogP contribution in [-0.2, 0) is 4.79 Å². The average Bonchev–Trinajstić information content (AvgIpc) is 3.23. The largest absolute Gasteiger partial charge is 0.467 e. The van der Waals surface area contributed by atoms with E-state index < -0.39 is 17.8 Å². The Morgan fingerprint density at radius 1 is 1.10 bits per heavy atom. The second kappa shape index (κ2) is 7.54. The summed E-state index contributed by atoms with van der Waals surface area (Å²) in [5, 5.41) is 3.40. The Bertz CT molecular complexity index is 1170. The number of carbonyl (C=O) groups excluding carboxylic acids is 2. The molecule has 0 spiro atoms. The minimum atomic E-state index is -0.671. The second-order valence-corrected chi connectivity index (χ2v) is 8.03. The molecule has 0 fully saturated rings. The fourth-order valence-electron chi connectivity index (χ4n) is 4.51. The highest BCUT2D eigenvalue weighted by molar-refractivity contribution is 6.09. The lowest BCUT2D eigenvalue weighted by Crippen LogP contribution is -2.42. The first kappa shape index (κ1) is 19.3. The van der Waals surface area contributed by atoms with Gasteiger partial charge in [-0.05, 0) is 54.4 Å². The molecule has 1 aliphatic carbocycles. The van der Waals surface area contributed by atoms with E-state index in [2.05, 4.69) is 11.4 Å². The maximum absolute atomic E-state index is 13.8. The van der Waals surface area contributed by atoms with E-state index in [0.717, 1.165) is 11.4 Å². The fraction of sp³-hybridized carbons (Fsp3) is 0.200. The van der Waals surface area contributed by atoms with E-state index in [1.165, 1.54) is 24.3 Å². The molecule has 0 radical (unpaired) electrons. The first-order valence-corrected chi connectivity index (χ1v) is 10.3. The Kier molecular flexibility index (Phi) is 4.70. The van der Waals surface area contributed by atoms with Crippen molar-refractivity contribution < 1.29 is 18.4 Å². The van der Waals surface area contributed by atoms with E-state index in [1.54, 1.807) is 23.3 Å². The number of Topliss-reactive ketones (excluding diaryl/α,β-unsaturated/α-hetero) is 1. The highest BCUT2D eigenvalue weighted by atomic mass is 19.1. The fourth-order valence-corrected chi connectivity index (χ4v) is 4.51. The Balaban J connectivity index is 1.74. The van der Waals surface area contributed by atoms with E-state index >= 15 is 0 Å². The van der Waals surface area contributed by atoms with Gasteiger partial charge in [-0.25, -0.2) is 4.39 Å². The van der Waals surface area contributed by atoms with Crippen molar-refractivity contribution in [2.45, 2.75) is 19.4 Å². The number of carbonyl (C=O) groups is 2. The first-order chi connectivity index (χ1) is 15.0. The van der Waals surface area contributed by atoms with Crippen LogP contribution >= 0.6 is 0 Å². The SMILES string of the molecule is C[C@H]1C=C2Nc3ccccc3N(C(=O)c3ccc(F)cc3)[C@H](c3ccco3)[C@H]2C(=O)C1. The number of allylic oxidation sites excluding steroid dienone is 1. The maximum Gasteiger partial charge on any atom is 0.259 e. The van der Waals surface area contributed by atoms with Crippen LogP contribution < -0.4 is 10.2 Å². The lowest BCUT2D eigenvalue weighted by atomic mass is 9.79. The summed E-state index contributed by atoms with van der Waals surface area (Å²) in [5.41, 5.74) is 2.46. The number of furan rings is 1. The van der Waals surface area contributed by atoms with Crippen molar-refractivity contribution in [3.05, 3.63) is 95.8 Å². The minimum Gasteiger partial charge on any atom is -0.467 e. The average molecular weight is 416 g/mol. The van der Waals surface area contributed by atoms with Crippen molar-refractivity contribution in [2.24, 2.45) is 11.8 Å². The van der Waals surface area contributed by atoms with Crippen LogP contribution in [0, 0.1) is 17.7 Å². The third kappa shape index (κ3) is 3.34. The van der Waals surface area contributed by atoms with Crippen LogP contribution in [0.4, 0.5) is 15.8 Å². The van der Waals surface area contributed by atoms with Crippen molar-refractivity contribution in [1.82, 2.24) is 0 Å². The molecular formula is C25H21FN2O3. The lowest BCUT2D eigenvalue weighted by molar-refractivity contribution is -0.123. The van der Waals surface area contributed by atoms with Gasteiger partial charge in [0.25, 0.3) is 5.91 Å². The first-order valence-electron chi connectivity index (χ1n) is 10.3. The molecule has 0 saturated carbocycles. The number of ketones is 1. The van der Waals surface area contributed by atoms with Gasteiger partial charge in [0.15, 0.2) is 0 Å². The molecule has 5 nitrogen and oxygen atoms in total. The number of fused-ring (bicyclic) bond motifs is 2. The van der Waals surface area contributed by atoms with E-state index in [4.69, 9.17) is 4.42 Å². The molecule has 1 aromatic heterocycles. The van der Waals surface area contributed by atoms with Crippen LogP contribution in [0.3, 0.4) is 0 Å². The predicted molar refractivity (Wildman–Crippen MR) is 115 cm³/mol. The van der Waals surface area contributed by atoms with Gasteiger partial charge in [-0.15, -0.1) is 0 Å². The van der Waals surface area contributed by atoms with Crippen LogP contribution in [0.5, 0.6) is 0 Å². The van der Waals surface area contributed by atoms with Gasteiger partial charge in [-0.1, -0.05) is 25.1 Å². The number of para-hydroxylation sites is 2. The molecule has 0 bridgehead atoms. The highest BCUT2D eigenvalue weighted by Gasteiger charge is 2.45. The van der Waals surface area contributed by atoms with Gasteiger partial charge in [-0.3, -0.25) is 14.5 Å². The number of nitrogens with one attached hydrogen (secondary N) is 1. The number of anilines is 2. The molecule has 0 saturated heterocycles. The Hall–Kier alpha value is -3.67. The van der Waals surface area contributed by atoms with Crippen LogP contribution in [0.1, 0.15) is 35.5 Å². The van der Waals surface area contributed by atoms with Crippen molar-refractivity contribution >= 4 is 23.1 Å². The molecule has 156 valence electrons. The molecule has 3 aromatic rings. The molecule has 2 heterocycles. The van der Waals surface area contributed by atoms with E-state index in [1.807, 2.05) is 31.2 Å². The molecule has 2 aliphatic rings. The zero-order valence-electron chi connectivity index (χ0n) is 16.9. The van der Waals surface area contributed by atoms with Crippen molar-refractivity contribution in [3.8, 4) is 0 Å². The number of hydrogen-bond donors (Lipinski definition) is 1. The van der Waals surface area contributed by atoms with Gasteiger partial charge in [0.05, 0.1) is 23.6 Å². The number of hydrogen-bond acceptors (Lipinski definition) is 4. The molecule has 5 rings (SSSR count). The summed E-state index contributed by atoms with van der Waals surface area (Å²) >= 11 is 0. The monoisotopic (exact) mass is 416 g/mol. The normalized spacial score (nSPS) is 22.6. The number of rotatable bonds is 2. The number of halogens is 1. The van der Waals surface area contributed by atoms with E-state index in [-0.39, 0.29) is 17.6 Å². The van der Waals surface area contributed by atoms with E-state index in [0.29, 0.717) is 23.4 Å². The molecule has 0 unspecified atom stereocenters. The standard InChI is InChI=1S/C25H21FN2O3/c1-15-13-19-23(21(29)14-15)24(22-7-4-12-31-22)28(20-6-3-2-5-18(20)27-19)25(30)16-8-10-17(26)11-9-16/h2-13,15,23-24,27H,14H2,1H3/t15-,23+,24+/m0/s1. The molecule has 2 aromatic carbocycles. The number of benzene rings is 2. The summed E-state index contributed by atoms with van der Waals surface area (Å²) in [7, 11) is 0. The highest BCUT2D eigenvalue weighted by Crippen LogP contribution is 2.47. The molecule has 1 amide bonds. The summed E-state index contributed by atoms with van der Waals surface area (Å²) in [4.78, 5) is 28.7. The van der Waals surface area contributed by atoms with Gasteiger partial charge < -0.3 is 9.73 Å². The molecule has 31 heavy (non-hydrogen) atoms. The molecular weight excluding hydrogens is 395 g/mol. The molecule has 6 heteroatoms. The zero-order valence-corrected chi connectivity index (χ0v) is 16.9. The smallest absolute Gasteiger partial charge is 0.259 e.